The fraction of sp³-hybridized carbons (Fsp3) is 0.611. The van der Waals surface area contributed by atoms with Crippen LogP contribution in [0.2, 0.25) is 0 Å². The van der Waals surface area contributed by atoms with Crippen LogP contribution in [0, 0.1) is 11.8 Å². The van der Waals surface area contributed by atoms with E-state index in [4.69, 9.17) is 0 Å². The summed E-state index contributed by atoms with van der Waals surface area (Å²) < 4.78 is 26.9. The summed E-state index contributed by atoms with van der Waals surface area (Å²) in [6.07, 6.45) is 6.39. The molecule has 2 fully saturated rings. The lowest BCUT2D eigenvalue weighted by atomic mass is 9.98. The van der Waals surface area contributed by atoms with Gasteiger partial charge in [-0.2, -0.15) is 4.31 Å². The fourth-order valence-corrected chi connectivity index (χ4v) is 5.26. The predicted molar refractivity (Wildman–Crippen MR) is 92.9 cm³/mol. The SMILES string of the molecule is O=C(NCC1CCCC1)C1CCCN(S(=O)(=O)c2ccccc2)C1. The molecule has 0 spiro atoms. The Hall–Kier alpha value is -1.40. The molecule has 6 heteroatoms. The highest BCUT2D eigenvalue weighted by Crippen LogP contribution is 2.25. The first kappa shape index (κ1) is 17.4. The molecule has 0 aromatic heterocycles. The molecule has 1 saturated carbocycles. The van der Waals surface area contributed by atoms with Crippen LogP contribution in [0.1, 0.15) is 38.5 Å². The molecule has 1 amide bonds. The van der Waals surface area contributed by atoms with Gasteiger partial charge in [-0.3, -0.25) is 4.79 Å². The molecule has 1 aliphatic heterocycles. The molecule has 132 valence electrons. The Labute approximate surface area is 144 Å². The topological polar surface area (TPSA) is 66.5 Å². The summed E-state index contributed by atoms with van der Waals surface area (Å²) in [5, 5.41) is 3.05. The number of benzene rings is 1. The Balaban J connectivity index is 1.60. The van der Waals surface area contributed by atoms with E-state index < -0.39 is 10.0 Å². The molecule has 1 aromatic rings. The minimum absolute atomic E-state index is 0.00913. The number of amides is 1. The zero-order valence-electron chi connectivity index (χ0n) is 14.0. The van der Waals surface area contributed by atoms with Crippen molar-refractivity contribution in [2.45, 2.75) is 43.4 Å². The molecule has 0 bridgehead atoms. The van der Waals surface area contributed by atoms with Crippen molar-refractivity contribution in [1.29, 1.82) is 0 Å². The van der Waals surface area contributed by atoms with Gasteiger partial charge < -0.3 is 5.32 Å². The van der Waals surface area contributed by atoms with Crippen LogP contribution in [0.5, 0.6) is 0 Å². The van der Waals surface area contributed by atoms with Crippen molar-refractivity contribution in [1.82, 2.24) is 9.62 Å². The minimum atomic E-state index is -3.51. The van der Waals surface area contributed by atoms with Crippen molar-refractivity contribution in [2.24, 2.45) is 11.8 Å². The van der Waals surface area contributed by atoms with Gasteiger partial charge in [0, 0.05) is 19.6 Å². The van der Waals surface area contributed by atoms with E-state index in [-0.39, 0.29) is 18.4 Å². The number of piperidine rings is 1. The van der Waals surface area contributed by atoms with Crippen LogP contribution >= 0.6 is 0 Å². The van der Waals surface area contributed by atoms with E-state index in [2.05, 4.69) is 5.32 Å². The van der Waals surface area contributed by atoms with Gasteiger partial charge in [-0.15, -0.1) is 0 Å². The van der Waals surface area contributed by atoms with Crippen LogP contribution in [0.15, 0.2) is 35.2 Å². The number of carbonyl (C=O) groups excluding carboxylic acids is 1. The van der Waals surface area contributed by atoms with Crippen molar-refractivity contribution < 1.29 is 13.2 Å². The second kappa shape index (κ2) is 7.66. The van der Waals surface area contributed by atoms with E-state index in [1.165, 1.54) is 30.0 Å². The summed E-state index contributed by atoms with van der Waals surface area (Å²) in [5.41, 5.74) is 0. The van der Waals surface area contributed by atoms with Crippen LogP contribution in [-0.4, -0.2) is 38.3 Å². The van der Waals surface area contributed by atoms with Crippen LogP contribution in [-0.2, 0) is 14.8 Å². The lowest BCUT2D eigenvalue weighted by molar-refractivity contribution is -0.126. The number of carbonyl (C=O) groups is 1. The normalized spacial score (nSPS) is 23.2. The van der Waals surface area contributed by atoms with E-state index in [0.717, 1.165) is 19.4 Å². The smallest absolute Gasteiger partial charge is 0.243 e. The molecule has 1 heterocycles. The van der Waals surface area contributed by atoms with E-state index >= 15 is 0 Å². The highest BCUT2D eigenvalue weighted by molar-refractivity contribution is 7.89. The van der Waals surface area contributed by atoms with Crippen LogP contribution in [0.25, 0.3) is 0 Å². The Bertz CT molecular complexity index is 654. The zero-order valence-corrected chi connectivity index (χ0v) is 14.8. The summed E-state index contributed by atoms with van der Waals surface area (Å²) >= 11 is 0. The number of nitrogens with one attached hydrogen (secondary N) is 1. The van der Waals surface area contributed by atoms with Gasteiger partial charge in [-0.1, -0.05) is 31.0 Å². The van der Waals surface area contributed by atoms with Crippen molar-refractivity contribution in [3.8, 4) is 0 Å². The number of sulfonamides is 1. The lowest BCUT2D eigenvalue weighted by Gasteiger charge is -2.31. The maximum Gasteiger partial charge on any atom is 0.243 e. The number of rotatable bonds is 5. The standard InChI is InChI=1S/C18H26N2O3S/c21-18(19-13-15-7-4-5-8-15)16-9-6-12-20(14-16)24(22,23)17-10-2-1-3-11-17/h1-3,10-11,15-16H,4-9,12-14H2,(H,19,21). The van der Waals surface area contributed by atoms with Crippen LogP contribution in [0.3, 0.4) is 0 Å². The van der Waals surface area contributed by atoms with Gasteiger partial charge in [-0.05, 0) is 43.7 Å². The van der Waals surface area contributed by atoms with Gasteiger partial charge in [0.05, 0.1) is 10.8 Å². The van der Waals surface area contributed by atoms with Gasteiger partial charge in [0.15, 0.2) is 0 Å². The predicted octanol–water partition coefficient (Wildman–Crippen LogP) is 2.39. The van der Waals surface area contributed by atoms with Crippen molar-refractivity contribution in [2.75, 3.05) is 19.6 Å². The molecule has 1 atom stereocenters. The summed E-state index contributed by atoms with van der Waals surface area (Å²) in [5.74, 6) is 0.371. The molecule has 1 N–H and O–H groups in total. The van der Waals surface area contributed by atoms with E-state index in [9.17, 15) is 13.2 Å². The summed E-state index contributed by atoms with van der Waals surface area (Å²) in [6.45, 7) is 1.51. The third-order valence-corrected chi connectivity index (χ3v) is 7.05. The number of nitrogens with zero attached hydrogens (tertiary/aromatic N) is 1. The lowest BCUT2D eigenvalue weighted by Crippen LogP contribution is -2.46. The molecular weight excluding hydrogens is 324 g/mol. The Morgan fingerprint density at radius 1 is 1.08 bits per heavy atom. The molecule has 0 radical (unpaired) electrons. The van der Waals surface area contributed by atoms with E-state index in [1.807, 2.05) is 0 Å². The Morgan fingerprint density at radius 2 is 1.79 bits per heavy atom. The molecule has 2 aliphatic rings. The number of hydrogen-bond acceptors (Lipinski definition) is 3. The molecule has 5 nitrogen and oxygen atoms in total. The monoisotopic (exact) mass is 350 g/mol. The third kappa shape index (κ3) is 3.98. The first-order valence-corrected chi connectivity index (χ1v) is 10.3. The van der Waals surface area contributed by atoms with Gasteiger partial charge in [0.25, 0.3) is 0 Å². The van der Waals surface area contributed by atoms with Crippen LogP contribution in [0.4, 0.5) is 0 Å². The highest BCUT2D eigenvalue weighted by atomic mass is 32.2. The van der Waals surface area contributed by atoms with E-state index in [0.29, 0.717) is 17.4 Å². The zero-order chi connectivity index (χ0) is 17.0. The molecular formula is C18H26N2O3S. The van der Waals surface area contributed by atoms with Crippen molar-refractivity contribution >= 4 is 15.9 Å². The first-order valence-electron chi connectivity index (χ1n) is 8.90. The average Bonchev–Trinajstić information content (AvgIpc) is 3.14. The minimum Gasteiger partial charge on any atom is -0.356 e. The Kier molecular flexibility index (Phi) is 5.56. The summed E-state index contributed by atoms with van der Waals surface area (Å²) in [7, 11) is -3.51. The second-order valence-corrected chi connectivity index (χ2v) is 8.85. The quantitative estimate of drug-likeness (QED) is 0.887. The molecule has 3 rings (SSSR count). The first-order chi connectivity index (χ1) is 11.6. The molecule has 24 heavy (non-hydrogen) atoms. The Morgan fingerprint density at radius 3 is 2.50 bits per heavy atom. The third-order valence-electron chi connectivity index (χ3n) is 5.18. The van der Waals surface area contributed by atoms with Crippen LogP contribution < -0.4 is 5.32 Å². The van der Waals surface area contributed by atoms with Crippen molar-refractivity contribution in [3.63, 3.8) is 0 Å². The molecule has 1 aromatic carbocycles. The van der Waals surface area contributed by atoms with Gasteiger partial charge in [0.1, 0.15) is 0 Å². The molecule has 1 aliphatic carbocycles. The summed E-state index contributed by atoms with van der Waals surface area (Å²) in [6, 6.07) is 8.47. The summed E-state index contributed by atoms with van der Waals surface area (Å²) in [4.78, 5) is 12.7. The molecule has 1 saturated heterocycles. The molecule has 1 unspecified atom stereocenters. The van der Waals surface area contributed by atoms with Crippen molar-refractivity contribution in [3.05, 3.63) is 30.3 Å². The second-order valence-electron chi connectivity index (χ2n) is 6.91. The maximum absolute atomic E-state index is 12.7. The van der Waals surface area contributed by atoms with Gasteiger partial charge in [-0.25, -0.2) is 8.42 Å². The highest BCUT2D eigenvalue weighted by Gasteiger charge is 2.33. The van der Waals surface area contributed by atoms with Gasteiger partial charge >= 0.3 is 0 Å². The fourth-order valence-electron chi connectivity index (χ4n) is 3.72. The average molecular weight is 350 g/mol. The maximum atomic E-state index is 12.7. The largest absolute Gasteiger partial charge is 0.356 e. The van der Waals surface area contributed by atoms with E-state index in [1.54, 1.807) is 30.3 Å². The van der Waals surface area contributed by atoms with Gasteiger partial charge in [0.2, 0.25) is 15.9 Å². The number of hydrogen-bond donors (Lipinski definition) is 1.